The molecule has 11 heteroatoms. The molecule has 206 valence electrons. The fourth-order valence-corrected chi connectivity index (χ4v) is 5.78. The second-order valence-corrected chi connectivity index (χ2v) is 12.0. The molecule has 1 aliphatic carbocycles. The van der Waals surface area contributed by atoms with E-state index in [0.29, 0.717) is 25.3 Å². The summed E-state index contributed by atoms with van der Waals surface area (Å²) in [5, 5.41) is 3.48. The van der Waals surface area contributed by atoms with Gasteiger partial charge in [0.2, 0.25) is 15.9 Å². The number of halogens is 2. The van der Waals surface area contributed by atoms with Crippen molar-refractivity contribution in [2.24, 2.45) is 0 Å². The van der Waals surface area contributed by atoms with Crippen LogP contribution in [-0.2, 0) is 14.8 Å². The lowest BCUT2D eigenvalue weighted by Gasteiger charge is -2.37. The number of likely N-dealkylation sites (N-methyl/N-ethyl adjacent to an activating group) is 1. The molecule has 3 atom stereocenters. The highest BCUT2D eigenvalue weighted by atomic mass is 32.2. The Morgan fingerprint density at radius 2 is 1.58 bits per heavy atom. The van der Waals surface area contributed by atoms with Gasteiger partial charge in [0.1, 0.15) is 17.7 Å². The maximum Gasteiger partial charge on any atom is 0.254 e. The highest BCUT2D eigenvalue weighted by molar-refractivity contribution is 7.88. The van der Waals surface area contributed by atoms with E-state index < -0.39 is 21.9 Å². The van der Waals surface area contributed by atoms with Gasteiger partial charge in [-0.05, 0) is 67.8 Å². The van der Waals surface area contributed by atoms with E-state index in [1.165, 1.54) is 45.6 Å². The summed E-state index contributed by atoms with van der Waals surface area (Å²) in [6, 6.07) is 11.3. The predicted molar refractivity (Wildman–Crippen MR) is 140 cm³/mol. The minimum Gasteiger partial charge on any atom is -0.338 e. The van der Waals surface area contributed by atoms with Crippen LogP contribution in [0.2, 0.25) is 0 Å². The van der Waals surface area contributed by atoms with E-state index >= 15 is 0 Å². The second kappa shape index (κ2) is 11.9. The molecule has 0 radical (unpaired) electrons. The van der Waals surface area contributed by atoms with Crippen molar-refractivity contribution in [3.8, 4) is 0 Å². The van der Waals surface area contributed by atoms with Crippen LogP contribution in [0.3, 0.4) is 0 Å². The lowest BCUT2D eigenvalue weighted by molar-refractivity contribution is -0.137. The molecule has 2 aromatic carbocycles. The maximum atomic E-state index is 13.5. The zero-order chi connectivity index (χ0) is 27.4. The number of carbonyl (C=O) groups excluding carboxylic acids is 2. The first-order chi connectivity index (χ1) is 18.0. The number of hydrogen-bond acceptors (Lipinski definition) is 5. The molecular formula is C27H34F2N4O4S. The summed E-state index contributed by atoms with van der Waals surface area (Å²) >= 11 is 0. The molecule has 0 bridgehead atoms. The van der Waals surface area contributed by atoms with Crippen LogP contribution >= 0.6 is 0 Å². The van der Waals surface area contributed by atoms with E-state index in [1.807, 2.05) is 0 Å². The molecule has 0 aromatic heterocycles. The zero-order valence-corrected chi connectivity index (χ0v) is 22.5. The smallest absolute Gasteiger partial charge is 0.254 e. The first-order valence-corrected chi connectivity index (χ1v) is 14.6. The van der Waals surface area contributed by atoms with Crippen LogP contribution in [0.25, 0.3) is 0 Å². The van der Waals surface area contributed by atoms with Gasteiger partial charge in [0.15, 0.2) is 0 Å². The van der Waals surface area contributed by atoms with E-state index in [9.17, 15) is 26.8 Å². The monoisotopic (exact) mass is 548 g/mol. The third kappa shape index (κ3) is 6.95. The second-order valence-electron chi connectivity index (χ2n) is 10.0. The standard InChI is InChI=1S/C27H34F2N4O4S/c1-31(26(34)20-7-11-22(29)12-8-20)25(27(35)32-14-16-33(17-15-32)38(2,36)37)4-3-13-30-24-18-23(24)19-5-9-21(28)10-6-19/h5-12,23-25,30H,3-4,13-18H2,1-2H3/t23-,24+,25-/m0/s1. The molecule has 1 saturated carbocycles. The molecule has 1 saturated heterocycles. The van der Waals surface area contributed by atoms with Crippen molar-refractivity contribution in [2.75, 3.05) is 46.0 Å². The van der Waals surface area contributed by atoms with Gasteiger partial charge in [0, 0.05) is 50.7 Å². The van der Waals surface area contributed by atoms with Gasteiger partial charge in [-0.2, -0.15) is 4.31 Å². The summed E-state index contributed by atoms with van der Waals surface area (Å²) in [7, 11) is -1.77. The van der Waals surface area contributed by atoms with Crippen molar-refractivity contribution in [3.05, 3.63) is 71.3 Å². The van der Waals surface area contributed by atoms with Gasteiger partial charge in [-0.3, -0.25) is 9.59 Å². The third-order valence-corrected chi connectivity index (χ3v) is 8.64. The first kappa shape index (κ1) is 28.1. The predicted octanol–water partition coefficient (Wildman–Crippen LogP) is 2.44. The van der Waals surface area contributed by atoms with Crippen molar-refractivity contribution in [1.29, 1.82) is 0 Å². The van der Waals surface area contributed by atoms with Crippen molar-refractivity contribution >= 4 is 21.8 Å². The van der Waals surface area contributed by atoms with E-state index in [0.717, 1.165) is 18.2 Å². The fraction of sp³-hybridized carbons (Fsp3) is 0.481. The molecule has 0 spiro atoms. The number of carbonyl (C=O) groups is 2. The topological polar surface area (TPSA) is 90.0 Å². The minimum absolute atomic E-state index is 0.209. The van der Waals surface area contributed by atoms with Gasteiger partial charge >= 0.3 is 0 Å². The van der Waals surface area contributed by atoms with E-state index in [4.69, 9.17) is 0 Å². The van der Waals surface area contributed by atoms with Crippen LogP contribution in [0.15, 0.2) is 48.5 Å². The Hall–Kier alpha value is -2.89. The summed E-state index contributed by atoms with van der Waals surface area (Å²) in [5.41, 5.74) is 1.38. The molecule has 2 aliphatic rings. The van der Waals surface area contributed by atoms with Gasteiger partial charge in [-0.25, -0.2) is 17.2 Å². The first-order valence-electron chi connectivity index (χ1n) is 12.8. The molecule has 2 fully saturated rings. The Morgan fingerprint density at radius 3 is 2.16 bits per heavy atom. The largest absolute Gasteiger partial charge is 0.338 e. The summed E-state index contributed by atoms with van der Waals surface area (Å²) in [6.07, 6.45) is 3.15. The van der Waals surface area contributed by atoms with Gasteiger partial charge in [-0.15, -0.1) is 0 Å². The number of amides is 2. The minimum atomic E-state index is -3.34. The number of nitrogens with one attached hydrogen (secondary N) is 1. The van der Waals surface area contributed by atoms with Crippen molar-refractivity contribution < 1.29 is 26.8 Å². The normalized spacial score (nSPS) is 20.7. The molecule has 0 unspecified atom stereocenters. The fourth-order valence-electron chi connectivity index (χ4n) is 4.95. The summed E-state index contributed by atoms with van der Waals surface area (Å²) in [6.45, 7) is 1.57. The summed E-state index contributed by atoms with van der Waals surface area (Å²) in [5.74, 6) is -0.990. The van der Waals surface area contributed by atoms with Gasteiger partial charge in [-0.1, -0.05) is 12.1 Å². The van der Waals surface area contributed by atoms with Crippen LogP contribution in [0.5, 0.6) is 0 Å². The lowest BCUT2D eigenvalue weighted by atomic mass is 10.1. The number of rotatable bonds is 10. The summed E-state index contributed by atoms with van der Waals surface area (Å²) in [4.78, 5) is 29.7. The van der Waals surface area contributed by atoms with Crippen LogP contribution in [0, 0.1) is 11.6 Å². The number of piperazine rings is 1. The zero-order valence-electron chi connectivity index (χ0n) is 21.6. The lowest BCUT2D eigenvalue weighted by Crippen LogP contribution is -2.56. The molecule has 2 aromatic rings. The van der Waals surface area contributed by atoms with E-state index in [1.54, 1.807) is 24.1 Å². The van der Waals surface area contributed by atoms with Crippen LogP contribution in [-0.4, -0.2) is 92.4 Å². The Kier molecular flexibility index (Phi) is 8.79. The van der Waals surface area contributed by atoms with Crippen molar-refractivity contribution in [1.82, 2.24) is 19.4 Å². The highest BCUT2D eigenvalue weighted by Crippen LogP contribution is 2.40. The van der Waals surface area contributed by atoms with Gasteiger partial charge in [0.05, 0.1) is 6.26 Å². The average Bonchev–Trinajstić information content (AvgIpc) is 3.67. The van der Waals surface area contributed by atoms with Gasteiger partial charge in [0.25, 0.3) is 5.91 Å². The quantitative estimate of drug-likeness (QED) is 0.461. The molecule has 1 aliphatic heterocycles. The summed E-state index contributed by atoms with van der Waals surface area (Å²) < 4.78 is 51.6. The molecule has 38 heavy (non-hydrogen) atoms. The third-order valence-electron chi connectivity index (χ3n) is 7.33. The van der Waals surface area contributed by atoms with E-state index in [-0.39, 0.29) is 55.4 Å². The Balaban J connectivity index is 1.37. The van der Waals surface area contributed by atoms with Crippen LogP contribution < -0.4 is 5.32 Å². The molecule has 8 nitrogen and oxygen atoms in total. The number of nitrogens with zero attached hydrogens (tertiary/aromatic N) is 3. The van der Waals surface area contributed by atoms with Crippen LogP contribution in [0.1, 0.15) is 41.1 Å². The Labute approximate surface area is 222 Å². The Morgan fingerprint density at radius 1 is 1.00 bits per heavy atom. The average molecular weight is 549 g/mol. The molecule has 1 N–H and O–H groups in total. The van der Waals surface area contributed by atoms with Crippen LogP contribution in [0.4, 0.5) is 8.78 Å². The SMILES string of the molecule is CN(C(=O)c1ccc(F)cc1)[C@@H](CCCN[C@@H]1C[C@H]1c1ccc(F)cc1)C(=O)N1CCN(S(C)(=O)=O)CC1. The molecule has 1 heterocycles. The van der Waals surface area contributed by atoms with E-state index in [2.05, 4.69) is 5.32 Å². The number of hydrogen-bond donors (Lipinski definition) is 1. The highest BCUT2D eigenvalue weighted by Gasteiger charge is 2.38. The van der Waals surface area contributed by atoms with Gasteiger partial charge < -0.3 is 15.1 Å². The molecule has 2 amide bonds. The number of benzene rings is 2. The van der Waals surface area contributed by atoms with Crippen molar-refractivity contribution in [3.63, 3.8) is 0 Å². The van der Waals surface area contributed by atoms with Crippen molar-refractivity contribution in [2.45, 2.75) is 37.3 Å². The Bertz CT molecular complexity index is 1230. The molecular weight excluding hydrogens is 514 g/mol. The number of sulfonamides is 1. The molecule has 4 rings (SSSR count). The maximum absolute atomic E-state index is 13.5.